The molecule has 0 atom stereocenters. The maximum absolute atomic E-state index is 10.9. The number of ether oxygens (including phenoxy) is 2. The second kappa shape index (κ2) is 9.28. The van der Waals surface area contributed by atoms with Crippen LogP contribution in [0.1, 0.15) is 32.4 Å². The molecular weight excluding hydrogens is 366 g/mol. The molecule has 2 aromatic carbocycles. The summed E-state index contributed by atoms with van der Waals surface area (Å²) < 4.78 is 13.0. The minimum absolute atomic E-state index is 0.0592. The molecule has 29 heavy (non-hydrogen) atoms. The van der Waals surface area contributed by atoms with Crippen LogP contribution in [0.4, 0.5) is 0 Å². The second-order valence-electron chi connectivity index (χ2n) is 7.07. The van der Waals surface area contributed by atoms with E-state index in [1.165, 1.54) is 6.92 Å². The van der Waals surface area contributed by atoms with Gasteiger partial charge in [0.15, 0.2) is 0 Å². The molecule has 1 aromatic heterocycles. The summed E-state index contributed by atoms with van der Waals surface area (Å²) in [5, 5.41) is 2.71. The Balaban J connectivity index is 1.84. The molecule has 0 bridgehead atoms. The van der Waals surface area contributed by atoms with Gasteiger partial charge in [-0.1, -0.05) is 13.8 Å². The molecule has 1 N–H and O–H groups in total. The van der Waals surface area contributed by atoms with Gasteiger partial charge in [-0.2, -0.15) is 0 Å². The van der Waals surface area contributed by atoms with Crippen molar-refractivity contribution in [3.8, 4) is 28.6 Å². The van der Waals surface area contributed by atoms with Crippen molar-refractivity contribution in [1.29, 1.82) is 0 Å². The van der Waals surface area contributed by atoms with E-state index in [9.17, 15) is 4.79 Å². The highest BCUT2D eigenvalue weighted by molar-refractivity contribution is 5.72. The first-order valence-corrected chi connectivity index (χ1v) is 9.69. The van der Waals surface area contributed by atoms with Gasteiger partial charge in [0.1, 0.15) is 23.9 Å². The lowest BCUT2D eigenvalue weighted by Gasteiger charge is -2.10. The van der Waals surface area contributed by atoms with Crippen molar-refractivity contribution in [3.05, 3.63) is 60.4 Å². The van der Waals surface area contributed by atoms with E-state index in [1.807, 2.05) is 48.5 Å². The van der Waals surface area contributed by atoms with Crippen molar-refractivity contribution in [2.24, 2.45) is 0 Å². The summed E-state index contributed by atoms with van der Waals surface area (Å²) >= 11 is 0. The summed E-state index contributed by atoms with van der Waals surface area (Å²) in [5.41, 5.74) is 3.06. The molecule has 0 aliphatic rings. The number of hydrogen-bond donors (Lipinski definition) is 1. The fraction of sp³-hybridized carbons (Fsp3) is 0.304. The van der Waals surface area contributed by atoms with Gasteiger partial charge in [0.2, 0.25) is 5.91 Å². The highest BCUT2D eigenvalue weighted by Crippen LogP contribution is 2.28. The molecule has 0 saturated heterocycles. The molecule has 1 amide bonds. The van der Waals surface area contributed by atoms with Crippen LogP contribution >= 0.6 is 0 Å². The maximum Gasteiger partial charge on any atom is 0.216 e. The average Bonchev–Trinajstić information content (AvgIpc) is 3.17. The average molecular weight is 393 g/mol. The van der Waals surface area contributed by atoms with Crippen molar-refractivity contribution < 1.29 is 14.3 Å². The van der Waals surface area contributed by atoms with Crippen LogP contribution in [0.25, 0.3) is 17.1 Å². The Morgan fingerprint density at radius 3 is 2.31 bits per heavy atom. The Labute approximate surface area is 171 Å². The Kier molecular flexibility index (Phi) is 6.54. The highest BCUT2D eigenvalue weighted by atomic mass is 16.5. The van der Waals surface area contributed by atoms with E-state index in [0.717, 1.165) is 34.3 Å². The fourth-order valence-corrected chi connectivity index (χ4v) is 2.92. The van der Waals surface area contributed by atoms with Crippen LogP contribution in [-0.4, -0.2) is 35.7 Å². The van der Waals surface area contributed by atoms with Crippen LogP contribution in [0.15, 0.2) is 54.7 Å². The fourth-order valence-electron chi connectivity index (χ4n) is 2.92. The Morgan fingerprint density at radius 1 is 1.07 bits per heavy atom. The number of rotatable bonds is 8. The van der Waals surface area contributed by atoms with Crippen LogP contribution in [0.3, 0.4) is 0 Å². The summed E-state index contributed by atoms with van der Waals surface area (Å²) in [6, 6.07) is 15.8. The number of nitrogens with zero attached hydrogens (tertiary/aromatic N) is 2. The number of hydrogen-bond acceptors (Lipinski definition) is 4. The minimum atomic E-state index is -0.0592. The first kappa shape index (κ1) is 20.5. The molecule has 0 fully saturated rings. The van der Waals surface area contributed by atoms with Crippen molar-refractivity contribution in [2.75, 3.05) is 20.3 Å². The van der Waals surface area contributed by atoms with E-state index in [2.05, 4.69) is 29.9 Å². The number of carbonyl (C=O) groups excluding carboxylic acids is 1. The zero-order valence-corrected chi connectivity index (χ0v) is 17.3. The summed E-state index contributed by atoms with van der Waals surface area (Å²) in [5.74, 6) is 2.72. The third kappa shape index (κ3) is 5.16. The van der Waals surface area contributed by atoms with Gasteiger partial charge in [0.25, 0.3) is 0 Å². The molecule has 3 rings (SSSR count). The van der Waals surface area contributed by atoms with Gasteiger partial charge in [-0.25, -0.2) is 4.98 Å². The van der Waals surface area contributed by atoms with E-state index < -0.39 is 0 Å². The molecule has 0 aliphatic heterocycles. The third-order valence-corrected chi connectivity index (χ3v) is 4.52. The van der Waals surface area contributed by atoms with E-state index in [0.29, 0.717) is 19.1 Å². The number of carbonyl (C=O) groups is 1. The van der Waals surface area contributed by atoms with Crippen molar-refractivity contribution in [1.82, 2.24) is 14.9 Å². The van der Waals surface area contributed by atoms with E-state index >= 15 is 0 Å². The lowest BCUT2D eigenvalue weighted by molar-refractivity contribution is -0.119. The zero-order valence-electron chi connectivity index (χ0n) is 17.3. The predicted octanol–water partition coefficient (Wildman–Crippen LogP) is 4.19. The van der Waals surface area contributed by atoms with Gasteiger partial charge in [-0.15, -0.1) is 0 Å². The summed E-state index contributed by atoms with van der Waals surface area (Å²) in [7, 11) is 1.66. The minimum Gasteiger partial charge on any atom is -0.497 e. The topological polar surface area (TPSA) is 65.4 Å². The summed E-state index contributed by atoms with van der Waals surface area (Å²) in [6.07, 6.45) is 2.08. The Bertz CT molecular complexity index is 945. The molecule has 6 heteroatoms. The van der Waals surface area contributed by atoms with E-state index in [-0.39, 0.29) is 5.91 Å². The van der Waals surface area contributed by atoms with Gasteiger partial charge in [0, 0.05) is 24.4 Å². The highest BCUT2D eigenvalue weighted by Gasteiger charge is 2.14. The predicted molar refractivity (Wildman–Crippen MR) is 114 cm³/mol. The van der Waals surface area contributed by atoms with Crippen molar-refractivity contribution in [3.63, 3.8) is 0 Å². The molecule has 0 aliphatic carbocycles. The summed E-state index contributed by atoms with van der Waals surface area (Å²) in [6.45, 7) is 6.68. The number of amides is 1. The quantitative estimate of drug-likeness (QED) is 0.583. The first-order valence-electron chi connectivity index (χ1n) is 9.69. The van der Waals surface area contributed by atoms with Gasteiger partial charge in [-0.3, -0.25) is 9.36 Å². The smallest absolute Gasteiger partial charge is 0.216 e. The number of aromatic nitrogens is 2. The standard InChI is InChI=1S/C23H27N3O3/c1-16(2)22-15-26(23(25-22)18-5-9-20(28-4)10-6-18)19-7-11-21(12-8-19)29-14-13-24-17(3)27/h5-12,15-16H,13-14H2,1-4H3,(H,24,27). The van der Waals surface area contributed by atoms with Crippen LogP contribution < -0.4 is 14.8 Å². The van der Waals surface area contributed by atoms with Crippen LogP contribution in [-0.2, 0) is 4.79 Å². The molecule has 6 nitrogen and oxygen atoms in total. The largest absolute Gasteiger partial charge is 0.497 e. The van der Waals surface area contributed by atoms with Crippen LogP contribution in [0.2, 0.25) is 0 Å². The molecule has 0 spiro atoms. The number of benzene rings is 2. The van der Waals surface area contributed by atoms with Gasteiger partial charge in [-0.05, 0) is 54.4 Å². The molecule has 152 valence electrons. The Hall–Kier alpha value is -3.28. The molecule has 1 heterocycles. The first-order chi connectivity index (χ1) is 14.0. The Morgan fingerprint density at radius 2 is 1.72 bits per heavy atom. The normalized spacial score (nSPS) is 10.8. The van der Waals surface area contributed by atoms with Gasteiger partial charge >= 0.3 is 0 Å². The molecule has 0 radical (unpaired) electrons. The van der Waals surface area contributed by atoms with Crippen LogP contribution in [0, 0.1) is 0 Å². The number of imidazole rings is 1. The molecule has 0 saturated carbocycles. The van der Waals surface area contributed by atoms with E-state index in [4.69, 9.17) is 14.5 Å². The number of methoxy groups -OCH3 is 1. The SMILES string of the molecule is COc1ccc(-c2nc(C(C)C)cn2-c2ccc(OCCNC(C)=O)cc2)cc1. The zero-order chi connectivity index (χ0) is 20.8. The van der Waals surface area contributed by atoms with Gasteiger partial charge in [0.05, 0.1) is 19.3 Å². The second-order valence-corrected chi connectivity index (χ2v) is 7.07. The molecule has 0 unspecified atom stereocenters. The van der Waals surface area contributed by atoms with Crippen molar-refractivity contribution in [2.45, 2.75) is 26.7 Å². The molecule has 3 aromatic rings. The van der Waals surface area contributed by atoms with Crippen molar-refractivity contribution >= 4 is 5.91 Å². The maximum atomic E-state index is 10.9. The van der Waals surface area contributed by atoms with E-state index in [1.54, 1.807) is 7.11 Å². The molecular formula is C23H27N3O3. The third-order valence-electron chi connectivity index (χ3n) is 4.52. The monoisotopic (exact) mass is 393 g/mol. The van der Waals surface area contributed by atoms with Gasteiger partial charge < -0.3 is 14.8 Å². The lowest BCUT2D eigenvalue weighted by Crippen LogP contribution is -2.25. The summed E-state index contributed by atoms with van der Waals surface area (Å²) in [4.78, 5) is 15.8. The number of nitrogens with one attached hydrogen (secondary N) is 1. The lowest BCUT2D eigenvalue weighted by atomic mass is 10.1. The van der Waals surface area contributed by atoms with Crippen LogP contribution in [0.5, 0.6) is 11.5 Å².